The zero-order valence-electron chi connectivity index (χ0n) is 16.9. The van der Waals surface area contributed by atoms with Gasteiger partial charge in [-0.1, -0.05) is 23.2 Å². The first-order valence-electron chi connectivity index (χ1n) is 9.39. The van der Waals surface area contributed by atoms with Crippen molar-refractivity contribution in [1.29, 1.82) is 0 Å². The number of pyridine rings is 1. The lowest BCUT2D eigenvalue weighted by atomic mass is 10.1. The fourth-order valence-electron chi connectivity index (χ4n) is 2.78. The van der Waals surface area contributed by atoms with E-state index in [4.69, 9.17) is 28.9 Å². The van der Waals surface area contributed by atoms with Gasteiger partial charge in [0.25, 0.3) is 11.8 Å². The van der Waals surface area contributed by atoms with Crippen molar-refractivity contribution in [1.82, 2.24) is 4.98 Å². The molecule has 0 aliphatic carbocycles. The summed E-state index contributed by atoms with van der Waals surface area (Å²) >= 11 is 12.0. The van der Waals surface area contributed by atoms with E-state index in [2.05, 4.69) is 15.6 Å². The van der Waals surface area contributed by atoms with Gasteiger partial charge in [0.2, 0.25) is 5.91 Å². The van der Waals surface area contributed by atoms with Crippen LogP contribution in [0.1, 0.15) is 20.7 Å². The lowest BCUT2D eigenvalue weighted by Gasteiger charge is -2.16. The van der Waals surface area contributed by atoms with Crippen LogP contribution in [0.3, 0.4) is 0 Å². The summed E-state index contributed by atoms with van der Waals surface area (Å²) in [6.07, 6.45) is 1.46. The van der Waals surface area contributed by atoms with E-state index in [0.29, 0.717) is 21.3 Å². The summed E-state index contributed by atoms with van der Waals surface area (Å²) in [5.41, 5.74) is 6.71. The van der Waals surface area contributed by atoms with E-state index >= 15 is 0 Å². The van der Waals surface area contributed by atoms with Gasteiger partial charge in [0.1, 0.15) is 5.82 Å². The molecule has 0 spiro atoms. The highest BCUT2D eigenvalue weighted by molar-refractivity contribution is 6.31. The number of anilines is 3. The van der Waals surface area contributed by atoms with E-state index in [-0.39, 0.29) is 29.5 Å². The van der Waals surface area contributed by atoms with Crippen LogP contribution in [0, 0.1) is 0 Å². The number of nitrogens with one attached hydrogen (secondary N) is 2. The molecule has 4 N–H and O–H groups in total. The first-order chi connectivity index (χ1) is 15.3. The molecule has 2 aromatic carbocycles. The van der Waals surface area contributed by atoms with Gasteiger partial charge < -0.3 is 21.3 Å². The predicted molar refractivity (Wildman–Crippen MR) is 126 cm³/mol. The third-order valence-corrected chi connectivity index (χ3v) is 4.97. The van der Waals surface area contributed by atoms with Crippen molar-refractivity contribution in [2.24, 2.45) is 5.73 Å². The van der Waals surface area contributed by atoms with Gasteiger partial charge in [-0.3, -0.25) is 14.4 Å². The van der Waals surface area contributed by atoms with Crippen molar-refractivity contribution in [2.45, 2.75) is 0 Å². The van der Waals surface area contributed by atoms with Gasteiger partial charge in [-0.05, 0) is 54.6 Å². The molecule has 164 valence electrons. The number of hydrogen-bond acceptors (Lipinski definition) is 5. The summed E-state index contributed by atoms with van der Waals surface area (Å²) in [5.74, 6) is -0.962. The maximum atomic E-state index is 12.8. The minimum Gasteiger partial charge on any atom is -0.322 e. The molecular weight excluding hydrogens is 453 g/mol. The molecule has 0 aliphatic rings. The number of carbonyl (C=O) groups excluding carboxylic acids is 3. The Balaban J connectivity index is 1.79. The summed E-state index contributed by atoms with van der Waals surface area (Å²) < 4.78 is 0. The molecule has 32 heavy (non-hydrogen) atoms. The molecular formula is C22H19Cl2N5O3. The molecule has 0 bridgehead atoms. The number of hydrogen-bond donors (Lipinski definition) is 3. The Hall–Kier alpha value is -3.46. The van der Waals surface area contributed by atoms with Crippen LogP contribution in [0.25, 0.3) is 0 Å². The largest absolute Gasteiger partial charge is 0.322 e. The Morgan fingerprint density at radius 3 is 2.28 bits per heavy atom. The van der Waals surface area contributed by atoms with Gasteiger partial charge in [-0.2, -0.15) is 0 Å². The molecule has 1 aromatic heterocycles. The summed E-state index contributed by atoms with van der Waals surface area (Å²) in [7, 11) is 1.59. The van der Waals surface area contributed by atoms with Gasteiger partial charge in [-0.25, -0.2) is 4.98 Å². The predicted octanol–water partition coefficient (Wildman–Crippen LogP) is 3.81. The SMILES string of the molecule is CN(C(=O)CN)c1ccc(C(=O)Nc2ccc(Cl)cc2C(=O)Nc2cc(Cl)ccn2)cc1. The third kappa shape index (κ3) is 5.61. The first-order valence-corrected chi connectivity index (χ1v) is 10.1. The van der Waals surface area contributed by atoms with E-state index in [9.17, 15) is 14.4 Å². The highest BCUT2D eigenvalue weighted by Crippen LogP contribution is 2.23. The molecule has 8 nitrogen and oxygen atoms in total. The van der Waals surface area contributed by atoms with Gasteiger partial charge in [0.15, 0.2) is 0 Å². The molecule has 3 rings (SSSR count). The van der Waals surface area contributed by atoms with Crippen molar-refractivity contribution in [3.63, 3.8) is 0 Å². The van der Waals surface area contributed by atoms with Gasteiger partial charge in [-0.15, -0.1) is 0 Å². The molecule has 0 unspecified atom stereocenters. The number of halogens is 2. The van der Waals surface area contributed by atoms with Gasteiger partial charge in [0.05, 0.1) is 17.8 Å². The number of amides is 3. The molecule has 0 saturated carbocycles. The third-order valence-electron chi connectivity index (χ3n) is 4.50. The standard InChI is InChI=1S/C22H19Cl2N5O3/c1-29(20(30)12-25)16-5-2-13(3-6-16)21(31)27-18-7-4-14(23)10-17(18)22(32)28-19-11-15(24)8-9-26-19/h2-11H,12,25H2,1H3,(H,27,31)(H,26,28,32). The maximum absolute atomic E-state index is 12.8. The topological polar surface area (TPSA) is 117 Å². The molecule has 10 heteroatoms. The molecule has 1 heterocycles. The molecule has 3 aromatic rings. The van der Waals surface area contributed by atoms with Crippen LogP contribution in [0.15, 0.2) is 60.8 Å². The fourth-order valence-corrected chi connectivity index (χ4v) is 3.11. The van der Waals surface area contributed by atoms with Crippen LogP contribution >= 0.6 is 23.2 Å². The normalized spacial score (nSPS) is 10.4. The number of aromatic nitrogens is 1. The molecule has 0 atom stereocenters. The lowest BCUT2D eigenvalue weighted by molar-refractivity contribution is -0.117. The first kappa shape index (κ1) is 23.2. The molecule has 3 amide bonds. The number of nitrogens with zero attached hydrogens (tertiary/aromatic N) is 2. The van der Waals surface area contributed by atoms with Crippen molar-refractivity contribution < 1.29 is 14.4 Å². The summed E-state index contributed by atoms with van der Waals surface area (Å²) in [4.78, 5) is 42.7. The molecule has 0 fully saturated rings. The number of rotatable bonds is 6. The maximum Gasteiger partial charge on any atom is 0.258 e. The number of carbonyl (C=O) groups is 3. The van der Waals surface area contributed by atoms with E-state index < -0.39 is 11.8 Å². The van der Waals surface area contributed by atoms with E-state index in [1.165, 1.54) is 29.3 Å². The minimum absolute atomic E-state index is 0.120. The van der Waals surface area contributed by atoms with Crippen LogP contribution in [-0.4, -0.2) is 36.3 Å². The fraction of sp³-hybridized carbons (Fsp3) is 0.0909. The van der Waals surface area contributed by atoms with E-state index in [0.717, 1.165) is 0 Å². The quantitative estimate of drug-likeness (QED) is 0.504. The lowest BCUT2D eigenvalue weighted by Crippen LogP contribution is -2.32. The van der Waals surface area contributed by atoms with Crippen LogP contribution in [0.5, 0.6) is 0 Å². The zero-order valence-corrected chi connectivity index (χ0v) is 18.4. The second kappa shape index (κ2) is 10.2. The highest BCUT2D eigenvalue weighted by atomic mass is 35.5. The minimum atomic E-state index is -0.519. The summed E-state index contributed by atoms with van der Waals surface area (Å²) in [5, 5.41) is 6.07. The highest BCUT2D eigenvalue weighted by Gasteiger charge is 2.17. The van der Waals surface area contributed by atoms with Crippen molar-refractivity contribution in [2.75, 3.05) is 29.1 Å². The van der Waals surface area contributed by atoms with Crippen molar-refractivity contribution >= 4 is 58.1 Å². The van der Waals surface area contributed by atoms with Crippen molar-refractivity contribution in [3.05, 3.63) is 82.0 Å². The summed E-state index contributed by atoms with van der Waals surface area (Å²) in [6, 6.07) is 14.0. The Labute approximate surface area is 194 Å². The smallest absolute Gasteiger partial charge is 0.258 e. The number of nitrogens with two attached hydrogens (primary N) is 1. The van der Waals surface area contributed by atoms with Crippen LogP contribution < -0.4 is 21.3 Å². The number of likely N-dealkylation sites (N-methyl/N-ethyl adjacent to an activating group) is 1. The zero-order chi connectivity index (χ0) is 23.3. The Bertz CT molecular complexity index is 1170. The second-order valence-electron chi connectivity index (χ2n) is 6.66. The Morgan fingerprint density at radius 1 is 0.938 bits per heavy atom. The summed E-state index contributed by atoms with van der Waals surface area (Å²) in [6.45, 7) is -0.120. The van der Waals surface area contributed by atoms with E-state index in [1.54, 1.807) is 43.4 Å². The number of benzene rings is 2. The van der Waals surface area contributed by atoms with Gasteiger partial charge in [0, 0.05) is 34.5 Å². The van der Waals surface area contributed by atoms with Crippen LogP contribution in [0.2, 0.25) is 10.0 Å². The average Bonchev–Trinajstić information content (AvgIpc) is 2.79. The molecule has 0 saturated heterocycles. The van der Waals surface area contributed by atoms with E-state index in [1.807, 2.05) is 0 Å². The van der Waals surface area contributed by atoms with Crippen molar-refractivity contribution in [3.8, 4) is 0 Å². The monoisotopic (exact) mass is 471 g/mol. The average molecular weight is 472 g/mol. The second-order valence-corrected chi connectivity index (χ2v) is 7.53. The Morgan fingerprint density at radius 2 is 1.62 bits per heavy atom. The van der Waals surface area contributed by atoms with Gasteiger partial charge >= 0.3 is 0 Å². The van der Waals surface area contributed by atoms with Crippen LogP contribution in [-0.2, 0) is 4.79 Å². The van der Waals surface area contributed by atoms with Crippen LogP contribution in [0.4, 0.5) is 17.2 Å². The molecule has 0 aliphatic heterocycles. The molecule has 0 radical (unpaired) electrons. The Kier molecular flexibility index (Phi) is 7.42.